The zero-order chi connectivity index (χ0) is 14.0. The number of aromatic nitrogens is 3. The molecule has 2 heterocycles. The first-order valence-corrected chi connectivity index (χ1v) is 7.68. The van der Waals surface area contributed by atoms with Gasteiger partial charge in [-0.2, -0.15) is 5.10 Å². The summed E-state index contributed by atoms with van der Waals surface area (Å²) in [5, 5.41) is 15.3. The second-order valence-corrected chi connectivity index (χ2v) is 6.38. The number of aryl methyl sites for hydroxylation is 2. The third-order valence-electron chi connectivity index (χ3n) is 2.47. The van der Waals surface area contributed by atoms with Gasteiger partial charge in [-0.25, -0.2) is 4.98 Å². The van der Waals surface area contributed by atoms with Gasteiger partial charge in [0.2, 0.25) is 0 Å². The summed E-state index contributed by atoms with van der Waals surface area (Å²) >= 11 is 9.13. The molecule has 0 bridgehead atoms. The number of rotatable bonds is 5. The molecular weight excluding hydrogens is 306 g/mol. The Balaban J connectivity index is 2.02. The van der Waals surface area contributed by atoms with Gasteiger partial charge in [-0.05, 0) is 6.92 Å². The van der Waals surface area contributed by atoms with Gasteiger partial charge in [0, 0.05) is 23.7 Å². The molecule has 0 aliphatic carbocycles. The summed E-state index contributed by atoms with van der Waals surface area (Å²) in [7, 11) is 1.80. The number of thioether (sulfide) groups is 1. The first-order chi connectivity index (χ1) is 8.97. The van der Waals surface area contributed by atoms with E-state index in [1.165, 1.54) is 23.1 Å². The smallest absolute Gasteiger partial charge is 0.309 e. The Morgan fingerprint density at radius 1 is 1.63 bits per heavy atom. The summed E-state index contributed by atoms with van der Waals surface area (Å²) in [6, 6.07) is 0. The lowest BCUT2D eigenvalue weighted by molar-refractivity contribution is -0.136. The molecule has 8 heteroatoms. The largest absolute Gasteiger partial charge is 0.481 e. The van der Waals surface area contributed by atoms with Crippen molar-refractivity contribution in [3.63, 3.8) is 0 Å². The van der Waals surface area contributed by atoms with Gasteiger partial charge in [-0.3, -0.25) is 9.48 Å². The van der Waals surface area contributed by atoms with Crippen LogP contribution in [0.2, 0.25) is 5.15 Å². The Bertz CT molecular complexity index is 609. The second kappa shape index (κ2) is 5.94. The third kappa shape index (κ3) is 3.49. The number of aliphatic carboxylic acids is 1. The molecule has 2 aromatic heterocycles. The highest BCUT2D eigenvalue weighted by Gasteiger charge is 2.13. The fourth-order valence-corrected chi connectivity index (χ4v) is 3.81. The SMILES string of the molecule is Cc1nn(C)c(Cl)c1CSc1nc(CC(=O)O)cs1. The van der Waals surface area contributed by atoms with Crippen LogP contribution in [0.15, 0.2) is 9.72 Å². The normalized spacial score (nSPS) is 10.9. The molecule has 0 saturated carbocycles. The zero-order valence-corrected chi connectivity index (χ0v) is 12.8. The number of halogens is 1. The van der Waals surface area contributed by atoms with Crippen LogP contribution in [0.1, 0.15) is 17.0 Å². The van der Waals surface area contributed by atoms with Crippen molar-refractivity contribution >= 4 is 40.7 Å². The lowest BCUT2D eigenvalue weighted by atomic mass is 10.3. The standard InChI is InChI=1S/C11H12ClN3O2S2/c1-6-8(10(12)15(2)14-6)5-19-11-13-7(4-18-11)3-9(16)17/h4H,3,5H2,1-2H3,(H,16,17). The third-order valence-corrected chi connectivity index (χ3v) is 5.04. The molecule has 0 fully saturated rings. The van der Waals surface area contributed by atoms with E-state index >= 15 is 0 Å². The Hall–Kier alpha value is -1.05. The zero-order valence-electron chi connectivity index (χ0n) is 10.4. The van der Waals surface area contributed by atoms with Crippen LogP contribution >= 0.6 is 34.7 Å². The number of thiazole rings is 1. The highest BCUT2D eigenvalue weighted by atomic mass is 35.5. The van der Waals surface area contributed by atoms with Crippen molar-refractivity contribution in [2.45, 2.75) is 23.4 Å². The molecule has 2 aromatic rings. The number of hydrogen-bond donors (Lipinski definition) is 1. The molecule has 5 nitrogen and oxygen atoms in total. The maximum Gasteiger partial charge on any atom is 0.309 e. The summed E-state index contributed by atoms with van der Waals surface area (Å²) in [5.41, 5.74) is 2.49. The highest BCUT2D eigenvalue weighted by Crippen LogP contribution is 2.30. The quantitative estimate of drug-likeness (QED) is 0.859. The van der Waals surface area contributed by atoms with E-state index in [1.807, 2.05) is 6.92 Å². The molecule has 0 aliphatic rings. The lowest BCUT2D eigenvalue weighted by Crippen LogP contribution is -1.99. The summed E-state index contributed by atoms with van der Waals surface area (Å²) in [6.07, 6.45) is -0.0380. The van der Waals surface area contributed by atoms with Crippen LogP contribution < -0.4 is 0 Å². The number of carbonyl (C=O) groups is 1. The first kappa shape index (κ1) is 14.4. The summed E-state index contributed by atoms with van der Waals surface area (Å²) in [5.74, 6) is -0.188. The van der Waals surface area contributed by atoms with E-state index in [2.05, 4.69) is 10.1 Å². The highest BCUT2D eigenvalue weighted by molar-refractivity contribution is 8.00. The minimum absolute atomic E-state index is 0.0380. The topological polar surface area (TPSA) is 68.0 Å². The average Bonchev–Trinajstić information content (AvgIpc) is 2.84. The van der Waals surface area contributed by atoms with E-state index in [-0.39, 0.29) is 6.42 Å². The van der Waals surface area contributed by atoms with E-state index in [0.29, 0.717) is 16.6 Å². The molecule has 0 aromatic carbocycles. The molecule has 102 valence electrons. The van der Waals surface area contributed by atoms with Crippen molar-refractivity contribution in [3.8, 4) is 0 Å². The predicted molar refractivity (Wildman–Crippen MR) is 76.0 cm³/mol. The minimum atomic E-state index is -0.868. The maximum atomic E-state index is 10.6. The summed E-state index contributed by atoms with van der Waals surface area (Å²) < 4.78 is 2.49. The maximum absolute atomic E-state index is 10.6. The van der Waals surface area contributed by atoms with Gasteiger partial charge in [-0.1, -0.05) is 23.4 Å². The molecular formula is C11H12ClN3O2S2. The van der Waals surface area contributed by atoms with Gasteiger partial charge in [0.05, 0.1) is 17.8 Å². The monoisotopic (exact) mass is 317 g/mol. The van der Waals surface area contributed by atoms with Crippen molar-refractivity contribution in [2.75, 3.05) is 0 Å². The lowest BCUT2D eigenvalue weighted by Gasteiger charge is -1.98. The van der Waals surface area contributed by atoms with Gasteiger partial charge in [0.15, 0.2) is 0 Å². The number of hydrogen-bond acceptors (Lipinski definition) is 5. The Kier molecular flexibility index (Phi) is 4.49. The van der Waals surface area contributed by atoms with Gasteiger partial charge < -0.3 is 5.11 Å². The Labute approximate surface area is 123 Å². The summed E-state index contributed by atoms with van der Waals surface area (Å²) in [6.45, 7) is 1.92. The van der Waals surface area contributed by atoms with Crippen LogP contribution in [0.3, 0.4) is 0 Å². The van der Waals surface area contributed by atoms with Gasteiger partial charge in [0.25, 0.3) is 0 Å². The summed E-state index contributed by atoms with van der Waals surface area (Å²) in [4.78, 5) is 14.8. The van der Waals surface area contributed by atoms with Crippen LogP contribution in [0.4, 0.5) is 0 Å². The molecule has 2 rings (SSSR count). The van der Waals surface area contributed by atoms with Crippen molar-refractivity contribution in [1.29, 1.82) is 0 Å². The molecule has 0 aliphatic heterocycles. The molecule has 0 unspecified atom stereocenters. The fourth-order valence-electron chi connectivity index (χ4n) is 1.56. The van der Waals surface area contributed by atoms with Crippen molar-refractivity contribution in [3.05, 3.63) is 27.5 Å². The molecule has 0 saturated heterocycles. The first-order valence-electron chi connectivity index (χ1n) is 5.44. The van der Waals surface area contributed by atoms with Crippen molar-refractivity contribution in [1.82, 2.24) is 14.8 Å². The van der Waals surface area contributed by atoms with Crippen molar-refractivity contribution in [2.24, 2.45) is 7.05 Å². The van der Waals surface area contributed by atoms with Crippen molar-refractivity contribution < 1.29 is 9.90 Å². The van der Waals surface area contributed by atoms with E-state index in [0.717, 1.165) is 15.6 Å². The Morgan fingerprint density at radius 2 is 2.37 bits per heavy atom. The molecule has 1 N–H and O–H groups in total. The molecule has 0 radical (unpaired) electrons. The predicted octanol–water partition coefficient (Wildman–Crippen LogP) is 2.76. The van der Waals surface area contributed by atoms with E-state index in [1.54, 1.807) is 17.1 Å². The minimum Gasteiger partial charge on any atom is -0.481 e. The van der Waals surface area contributed by atoms with Crippen LogP contribution in [0, 0.1) is 6.92 Å². The van der Waals surface area contributed by atoms with Gasteiger partial charge >= 0.3 is 5.97 Å². The van der Waals surface area contributed by atoms with E-state index in [4.69, 9.17) is 16.7 Å². The number of nitrogens with zero attached hydrogens (tertiary/aromatic N) is 3. The molecule has 0 spiro atoms. The van der Waals surface area contributed by atoms with Gasteiger partial charge in [-0.15, -0.1) is 11.3 Å². The van der Waals surface area contributed by atoms with E-state index < -0.39 is 5.97 Å². The number of carboxylic acids is 1. The van der Waals surface area contributed by atoms with Crippen LogP contribution in [-0.2, 0) is 24.0 Å². The fraction of sp³-hybridized carbons (Fsp3) is 0.364. The molecule has 0 atom stereocenters. The second-order valence-electron chi connectivity index (χ2n) is 3.94. The van der Waals surface area contributed by atoms with Gasteiger partial charge in [0.1, 0.15) is 9.49 Å². The van der Waals surface area contributed by atoms with Crippen LogP contribution in [0.5, 0.6) is 0 Å². The Morgan fingerprint density at radius 3 is 2.95 bits per heavy atom. The van der Waals surface area contributed by atoms with Crippen LogP contribution in [0.25, 0.3) is 0 Å². The molecule has 19 heavy (non-hydrogen) atoms. The number of carboxylic acid groups (broad SMARTS) is 1. The van der Waals surface area contributed by atoms with Crippen LogP contribution in [-0.4, -0.2) is 25.8 Å². The van der Waals surface area contributed by atoms with E-state index in [9.17, 15) is 4.79 Å². The average molecular weight is 318 g/mol. The molecule has 0 amide bonds.